The highest BCUT2D eigenvalue weighted by molar-refractivity contribution is 6.04. The highest BCUT2D eigenvalue weighted by atomic mass is 19.4. The molecule has 0 saturated heterocycles. The number of aromatic amines is 1. The molecule has 3 N–H and O–H groups in total. The summed E-state index contributed by atoms with van der Waals surface area (Å²) in [5.74, 6) is -1.21. The Morgan fingerprint density at radius 3 is 2.29 bits per heavy atom. The van der Waals surface area contributed by atoms with Crippen LogP contribution in [-0.4, -0.2) is 16.0 Å². The highest BCUT2D eigenvalue weighted by Gasteiger charge is 2.29. The molecule has 1 aromatic heterocycles. The van der Waals surface area contributed by atoms with Gasteiger partial charge in [0.25, 0.3) is 11.5 Å². The van der Waals surface area contributed by atoms with Gasteiger partial charge in [-0.15, -0.1) is 0 Å². The number of aromatic nitrogens is 1. The average molecular weight is 298 g/mol. The van der Waals surface area contributed by atoms with Crippen molar-refractivity contribution in [3.63, 3.8) is 0 Å². The van der Waals surface area contributed by atoms with Crippen molar-refractivity contribution in [2.24, 2.45) is 0 Å². The number of aromatic hydroxyl groups is 1. The summed E-state index contributed by atoms with van der Waals surface area (Å²) in [4.78, 5) is 25.0. The Hall–Kier alpha value is -2.77. The second-order valence-electron chi connectivity index (χ2n) is 4.15. The largest absolute Gasteiger partial charge is 0.494 e. The van der Waals surface area contributed by atoms with E-state index in [0.717, 1.165) is 36.4 Å². The summed E-state index contributed by atoms with van der Waals surface area (Å²) in [5, 5.41) is 11.5. The monoisotopic (exact) mass is 298 g/mol. The maximum Gasteiger partial charge on any atom is 0.416 e. The molecular weight excluding hydrogens is 289 g/mol. The SMILES string of the molecule is O=C(Nc1ccc(C(F)(F)F)cc1)c1cc(O)[nH]c(=O)c1. The number of benzene rings is 1. The van der Waals surface area contributed by atoms with Crippen molar-refractivity contribution in [2.45, 2.75) is 6.18 Å². The number of hydrogen-bond acceptors (Lipinski definition) is 3. The lowest BCUT2D eigenvalue weighted by Crippen LogP contribution is -2.16. The number of carbonyl (C=O) groups excluding carboxylic acids is 1. The van der Waals surface area contributed by atoms with E-state index in [0.29, 0.717) is 0 Å². The van der Waals surface area contributed by atoms with Gasteiger partial charge in [0.15, 0.2) is 5.88 Å². The van der Waals surface area contributed by atoms with Gasteiger partial charge in [-0.1, -0.05) is 0 Å². The Morgan fingerprint density at radius 1 is 1.14 bits per heavy atom. The Bertz CT molecular complexity index is 721. The number of nitrogens with one attached hydrogen (secondary N) is 2. The number of anilines is 1. The van der Waals surface area contributed by atoms with E-state index >= 15 is 0 Å². The molecule has 1 amide bonds. The predicted octanol–water partition coefficient (Wildman–Crippen LogP) is 2.35. The molecule has 110 valence electrons. The molecule has 21 heavy (non-hydrogen) atoms. The number of amides is 1. The van der Waals surface area contributed by atoms with Gasteiger partial charge in [0.2, 0.25) is 0 Å². The normalized spacial score (nSPS) is 11.2. The van der Waals surface area contributed by atoms with E-state index in [2.05, 4.69) is 5.32 Å². The van der Waals surface area contributed by atoms with Gasteiger partial charge in [0.1, 0.15) is 0 Å². The predicted molar refractivity (Wildman–Crippen MR) is 68.1 cm³/mol. The Morgan fingerprint density at radius 2 is 1.76 bits per heavy atom. The zero-order chi connectivity index (χ0) is 15.6. The number of hydrogen-bond donors (Lipinski definition) is 3. The number of halogens is 3. The Kier molecular flexibility index (Phi) is 3.70. The molecule has 0 saturated carbocycles. The fraction of sp³-hybridized carbons (Fsp3) is 0.0769. The fourth-order valence-corrected chi connectivity index (χ4v) is 1.61. The van der Waals surface area contributed by atoms with Crippen molar-refractivity contribution < 1.29 is 23.1 Å². The van der Waals surface area contributed by atoms with Crippen molar-refractivity contribution in [2.75, 3.05) is 5.32 Å². The summed E-state index contributed by atoms with van der Waals surface area (Å²) < 4.78 is 37.1. The lowest BCUT2D eigenvalue weighted by atomic mass is 10.2. The number of rotatable bonds is 2. The summed E-state index contributed by atoms with van der Waals surface area (Å²) in [7, 11) is 0. The third-order valence-corrected chi connectivity index (χ3v) is 2.56. The second-order valence-corrected chi connectivity index (χ2v) is 4.15. The summed E-state index contributed by atoms with van der Waals surface area (Å²) in [6.45, 7) is 0. The van der Waals surface area contributed by atoms with E-state index in [4.69, 9.17) is 0 Å². The molecule has 0 unspecified atom stereocenters. The van der Waals surface area contributed by atoms with Crippen LogP contribution in [0.4, 0.5) is 18.9 Å². The molecule has 0 atom stereocenters. The van der Waals surface area contributed by atoms with Gasteiger partial charge >= 0.3 is 6.18 Å². The first-order valence-electron chi connectivity index (χ1n) is 5.67. The smallest absolute Gasteiger partial charge is 0.416 e. The van der Waals surface area contributed by atoms with Crippen LogP contribution in [0.1, 0.15) is 15.9 Å². The van der Waals surface area contributed by atoms with Crippen LogP contribution in [0.5, 0.6) is 5.88 Å². The standard InChI is InChI=1S/C13H9F3N2O3/c14-13(15,16)8-1-3-9(4-2-8)17-12(21)7-5-10(19)18-11(20)6-7/h1-6H,(H,17,21)(H2,18,19,20). The van der Waals surface area contributed by atoms with Crippen LogP contribution in [-0.2, 0) is 6.18 Å². The van der Waals surface area contributed by atoms with Crippen LogP contribution in [0.3, 0.4) is 0 Å². The molecule has 0 aliphatic rings. The summed E-state index contributed by atoms with van der Waals surface area (Å²) >= 11 is 0. The maximum atomic E-state index is 12.4. The molecular formula is C13H9F3N2O3. The first-order chi connectivity index (χ1) is 9.75. The third-order valence-electron chi connectivity index (χ3n) is 2.56. The molecule has 0 radical (unpaired) electrons. The van der Waals surface area contributed by atoms with Gasteiger partial charge in [0, 0.05) is 17.8 Å². The third kappa shape index (κ3) is 3.62. The van der Waals surface area contributed by atoms with E-state index in [1.54, 1.807) is 0 Å². The molecule has 0 bridgehead atoms. The van der Waals surface area contributed by atoms with Crippen molar-refractivity contribution in [3.8, 4) is 5.88 Å². The maximum absolute atomic E-state index is 12.4. The number of carbonyl (C=O) groups is 1. The quantitative estimate of drug-likeness (QED) is 0.796. The Balaban J connectivity index is 2.18. The van der Waals surface area contributed by atoms with E-state index in [1.165, 1.54) is 0 Å². The van der Waals surface area contributed by atoms with Crippen LogP contribution in [0, 0.1) is 0 Å². The second kappa shape index (κ2) is 5.31. The molecule has 2 aromatic rings. The molecule has 0 fully saturated rings. The van der Waals surface area contributed by atoms with Gasteiger partial charge in [-0.25, -0.2) is 0 Å². The van der Waals surface area contributed by atoms with Crippen molar-refractivity contribution in [1.82, 2.24) is 4.98 Å². The molecule has 0 aliphatic heterocycles. The van der Waals surface area contributed by atoms with E-state index in [9.17, 15) is 27.9 Å². The molecule has 1 aromatic carbocycles. The summed E-state index contributed by atoms with van der Waals surface area (Å²) in [5.41, 5.74) is -1.49. The van der Waals surface area contributed by atoms with Crippen molar-refractivity contribution in [3.05, 3.63) is 57.9 Å². The lowest BCUT2D eigenvalue weighted by Gasteiger charge is -2.08. The molecule has 0 spiro atoms. The van der Waals surface area contributed by atoms with Gasteiger partial charge in [0.05, 0.1) is 11.1 Å². The van der Waals surface area contributed by atoms with E-state index in [-0.39, 0.29) is 11.3 Å². The molecule has 0 aliphatic carbocycles. The minimum atomic E-state index is -4.46. The zero-order valence-corrected chi connectivity index (χ0v) is 10.4. The van der Waals surface area contributed by atoms with Crippen molar-refractivity contribution in [1.29, 1.82) is 0 Å². The fourth-order valence-electron chi connectivity index (χ4n) is 1.61. The molecule has 5 nitrogen and oxygen atoms in total. The number of pyridine rings is 1. The number of H-pyrrole nitrogens is 1. The van der Waals surface area contributed by atoms with Gasteiger partial charge in [-0.05, 0) is 24.3 Å². The summed E-state index contributed by atoms with van der Waals surface area (Å²) in [6.07, 6.45) is -4.46. The summed E-state index contributed by atoms with van der Waals surface area (Å²) in [6, 6.07) is 5.82. The minimum Gasteiger partial charge on any atom is -0.494 e. The Labute approximate surface area is 116 Å². The first-order valence-corrected chi connectivity index (χ1v) is 5.67. The van der Waals surface area contributed by atoms with Gasteiger partial charge in [-0.2, -0.15) is 13.2 Å². The molecule has 2 rings (SSSR count). The highest BCUT2D eigenvalue weighted by Crippen LogP contribution is 2.29. The van der Waals surface area contributed by atoms with Crippen LogP contribution in [0.15, 0.2) is 41.2 Å². The van der Waals surface area contributed by atoms with Crippen LogP contribution in [0.2, 0.25) is 0 Å². The van der Waals surface area contributed by atoms with E-state index in [1.807, 2.05) is 4.98 Å². The zero-order valence-electron chi connectivity index (χ0n) is 10.4. The minimum absolute atomic E-state index is 0.115. The lowest BCUT2D eigenvalue weighted by molar-refractivity contribution is -0.137. The molecule has 8 heteroatoms. The van der Waals surface area contributed by atoms with Crippen LogP contribution >= 0.6 is 0 Å². The van der Waals surface area contributed by atoms with Crippen LogP contribution in [0.25, 0.3) is 0 Å². The van der Waals surface area contributed by atoms with Gasteiger partial charge < -0.3 is 10.4 Å². The van der Waals surface area contributed by atoms with E-state index < -0.39 is 29.1 Å². The topological polar surface area (TPSA) is 82.2 Å². The van der Waals surface area contributed by atoms with Crippen molar-refractivity contribution >= 4 is 11.6 Å². The molecule has 1 heterocycles. The van der Waals surface area contributed by atoms with Crippen LogP contribution < -0.4 is 10.9 Å². The van der Waals surface area contributed by atoms with Gasteiger partial charge in [-0.3, -0.25) is 14.6 Å². The first kappa shape index (κ1) is 14.6. The average Bonchev–Trinajstić information content (AvgIpc) is 2.37. The number of alkyl halides is 3.